The standard InChI is InChI=1S/C21H23N3O3/c1-4-5-11-26-17-8-6-7-16(13-17)19(25)22-21-24-23-20(27-21)18-10-9-14(2)12-15(18)3/h6-10,12-13H,4-5,11H2,1-3H3,(H,22,24,25). The maximum atomic E-state index is 12.5. The van der Waals surface area contributed by atoms with Gasteiger partial charge in [0, 0.05) is 11.1 Å². The topological polar surface area (TPSA) is 77.2 Å². The number of amides is 1. The van der Waals surface area contributed by atoms with Crippen molar-refractivity contribution >= 4 is 11.9 Å². The van der Waals surface area contributed by atoms with Crippen molar-refractivity contribution in [3.63, 3.8) is 0 Å². The summed E-state index contributed by atoms with van der Waals surface area (Å²) >= 11 is 0. The van der Waals surface area contributed by atoms with Crippen LogP contribution in [-0.2, 0) is 0 Å². The summed E-state index contributed by atoms with van der Waals surface area (Å²) in [5, 5.41) is 10.6. The average molecular weight is 365 g/mol. The molecule has 2 aromatic carbocycles. The number of aromatic nitrogens is 2. The van der Waals surface area contributed by atoms with Crippen LogP contribution in [-0.4, -0.2) is 22.7 Å². The van der Waals surface area contributed by atoms with E-state index in [1.54, 1.807) is 18.2 Å². The highest BCUT2D eigenvalue weighted by molar-refractivity contribution is 6.03. The first kappa shape index (κ1) is 18.6. The summed E-state index contributed by atoms with van der Waals surface area (Å²) in [4.78, 5) is 12.5. The number of hydrogen-bond donors (Lipinski definition) is 1. The molecule has 1 aromatic heterocycles. The van der Waals surface area contributed by atoms with Crippen LogP contribution < -0.4 is 10.1 Å². The number of unbranched alkanes of at least 4 members (excludes halogenated alkanes) is 1. The summed E-state index contributed by atoms with van der Waals surface area (Å²) in [5.41, 5.74) is 3.51. The predicted octanol–water partition coefficient (Wildman–Crippen LogP) is 4.78. The molecule has 0 fully saturated rings. The molecule has 0 aliphatic rings. The molecule has 0 atom stereocenters. The Morgan fingerprint density at radius 2 is 2.00 bits per heavy atom. The fourth-order valence-electron chi connectivity index (χ4n) is 2.67. The SMILES string of the molecule is CCCCOc1cccc(C(=O)Nc2nnc(-c3ccc(C)cc3C)o2)c1. The maximum Gasteiger partial charge on any atom is 0.322 e. The molecule has 0 unspecified atom stereocenters. The van der Waals surface area contributed by atoms with Crippen LogP contribution in [0.15, 0.2) is 46.9 Å². The zero-order chi connectivity index (χ0) is 19.2. The van der Waals surface area contributed by atoms with E-state index in [-0.39, 0.29) is 11.9 Å². The Labute approximate surface area is 158 Å². The lowest BCUT2D eigenvalue weighted by molar-refractivity contribution is 0.102. The fraction of sp³-hybridized carbons (Fsp3) is 0.286. The zero-order valence-corrected chi connectivity index (χ0v) is 15.8. The van der Waals surface area contributed by atoms with E-state index in [1.807, 2.05) is 38.1 Å². The van der Waals surface area contributed by atoms with Gasteiger partial charge in [-0.3, -0.25) is 10.1 Å². The van der Waals surface area contributed by atoms with Crippen LogP contribution in [0.2, 0.25) is 0 Å². The highest BCUT2D eigenvalue weighted by Crippen LogP contribution is 2.24. The first-order chi connectivity index (χ1) is 13.1. The monoisotopic (exact) mass is 365 g/mol. The second-order valence-electron chi connectivity index (χ2n) is 6.41. The Balaban J connectivity index is 1.70. The van der Waals surface area contributed by atoms with Crippen molar-refractivity contribution in [1.29, 1.82) is 0 Å². The van der Waals surface area contributed by atoms with Crippen molar-refractivity contribution in [1.82, 2.24) is 10.2 Å². The van der Waals surface area contributed by atoms with E-state index in [2.05, 4.69) is 22.4 Å². The summed E-state index contributed by atoms with van der Waals surface area (Å²) in [6.07, 6.45) is 2.03. The quantitative estimate of drug-likeness (QED) is 0.609. The van der Waals surface area contributed by atoms with Crippen molar-refractivity contribution in [2.24, 2.45) is 0 Å². The fourth-order valence-corrected chi connectivity index (χ4v) is 2.67. The molecule has 6 nitrogen and oxygen atoms in total. The van der Waals surface area contributed by atoms with Crippen molar-refractivity contribution < 1.29 is 13.9 Å². The smallest absolute Gasteiger partial charge is 0.322 e. The first-order valence-corrected chi connectivity index (χ1v) is 9.02. The number of hydrogen-bond acceptors (Lipinski definition) is 5. The lowest BCUT2D eigenvalue weighted by Crippen LogP contribution is -2.12. The summed E-state index contributed by atoms with van der Waals surface area (Å²) in [6.45, 7) is 6.74. The second kappa shape index (κ2) is 8.49. The predicted molar refractivity (Wildman–Crippen MR) is 104 cm³/mol. The summed E-state index contributed by atoms with van der Waals surface area (Å²) in [6, 6.07) is 13.0. The molecule has 27 heavy (non-hydrogen) atoms. The van der Waals surface area contributed by atoms with Crippen LogP contribution in [0.25, 0.3) is 11.5 Å². The molecule has 1 heterocycles. The number of aryl methyl sites for hydroxylation is 2. The molecule has 0 radical (unpaired) electrons. The molecule has 140 valence electrons. The van der Waals surface area contributed by atoms with Gasteiger partial charge in [-0.05, 0) is 50.1 Å². The van der Waals surface area contributed by atoms with Crippen LogP contribution in [0.1, 0.15) is 41.3 Å². The number of carbonyl (C=O) groups is 1. The third kappa shape index (κ3) is 4.73. The number of rotatable bonds is 7. The second-order valence-corrected chi connectivity index (χ2v) is 6.41. The normalized spacial score (nSPS) is 10.6. The Bertz CT molecular complexity index is 934. The van der Waals surface area contributed by atoms with E-state index in [0.717, 1.165) is 29.5 Å². The van der Waals surface area contributed by atoms with Gasteiger partial charge in [0.25, 0.3) is 5.91 Å². The number of ether oxygens (including phenoxy) is 1. The van der Waals surface area contributed by atoms with Crippen molar-refractivity contribution in [3.8, 4) is 17.2 Å². The van der Waals surface area contributed by atoms with E-state index < -0.39 is 0 Å². The van der Waals surface area contributed by atoms with Crippen LogP contribution in [0, 0.1) is 13.8 Å². The van der Waals surface area contributed by atoms with Crippen LogP contribution in [0.4, 0.5) is 6.01 Å². The van der Waals surface area contributed by atoms with Gasteiger partial charge in [-0.2, -0.15) is 0 Å². The lowest BCUT2D eigenvalue weighted by atomic mass is 10.1. The van der Waals surface area contributed by atoms with Gasteiger partial charge in [0.05, 0.1) is 6.61 Å². The maximum absolute atomic E-state index is 12.5. The minimum Gasteiger partial charge on any atom is -0.494 e. The van der Waals surface area contributed by atoms with Crippen molar-refractivity contribution in [3.05, 3.63) is 59.2 Å². The highest BCUT2D eigenvalue weighted by Gasteiger charge is 2.14. The van der Waals surface area contributed by atoms with Gasteiger partial charge in [0.2, 0.25) is 5.89 Å². The Morgan fingerprint density at radius 3 is 2.78 bits per heavy atom. The molecule has 6 heteroatoms. The minimum absolute atomic E-state index is 0.0623. The van der Waals surface area contributed by atoms with Crippen molar-refractivity contribution in [2.75, 3.05) is 11.9 Å². The summed E-state index contributed by atoms with van der Waals surface area (Å²) < 4.78 is 11.2. The highest BCUT2D eigenvalue weighted by atomic mass is 16.5. The largest absolute Gasteiger partial charge is 0.494 e. The molecular formula is C21H23N3O3. The molecule has 1 N–H and O–H groups in total. The van der Waals surface area contributed by atoms with Gasteiger partial charge in [0.15, 0.2) is 0 Å². The Morgan fingerprint density at radius 1 is 1.15 bits per heavy atom. The number of nitrogens with one attached hydrogen (secondary N) is 1. The number of carbonyl (C=O) groups excluding carboxylic acids is 1. The van der Waals surface area contributed by atoms with Gasteiger partial charge in [0.1, 0.15) is 5.75 Å². The van der Waals surface area contributed by atoms with Crippen LogP contribution in [0.3, 0.4) is 0 Å². The molecule has 3 rings (SSSR count). The minimum atomic E-state index is -0.327. The molecule has 0 bridgehead atoms. The molecule has 1 amide bonds. The molecule has 3 aromatic rings. The molecule has 0 spiro atoms. The average Bonchev–Trinajstić information content (AvgIpc) is 3.10. The molecular weight excluding hydrogens is 342 g/mol. The van der Waals surface area contributed by atoms with Crippen LogP contribution >= 0.6 is 0 Å². The summed E-state index contributed by atoms with van der Waals surface area (Å²) in [7, 11) is 0. The van der Waals surface area contributed by atoms with Gasteiger partial charge in [-0.25, -0.2) is 0 Å². The third-order valence-electron chi connectivity index (χ3n) is 4.12. The van der Waals surface area contributed by atoms with Gasteiger partial charge >= 0.3 is 6.01 Å². The molecule has 0 aliphatic heterocycles. The number of benzene rings is 2. The van der Waals surface area contributed by atoms with Gasteiger partial charge in [-0.15, -0.1) is 5.10 Å². The number of anilines is 1. The number of nitrogens with zero attached hydrogens (tertiary/aromatic N) is 2. The van der Waals surface area contributed by atoms with E-state index in [1.165, 1.54) is 0 Å². The Kier molecular flexibility index (Phi) is 5.86. The van der Waals surface area contributed by atoms with E-state index in [9.17, 15) is 4.79 Å². The van der Waals surface area contributed by atoms with E-state index in [4.69, 9.17) is 9.15 Å². The lowest BCUT2D eigenvalue weighted by Gasteiger charge is -2.07. The van der Waals surface area contributed by atoms with Gasteiger partial charge in [-0.1, -0.05) is 42.2 Å². The molecule has 0 saturated heterocycles. The van der Waals surface area contributed by atoms with Crippen LogP contribution in [0.5, 0.6) is 5.75 Å². The van der Waals surface area contributed by atoms with Crippen molar-refractivity contribution in [2.45, 2.75) is 33.6 Å². The summed E-state index contributed by atoms with van der Waals surface area (Å²) in [5.74, 6) is 0.712. The van der Waals surface area contributed by atoms with Gasteiger partial charge < -0.3 is 9.15 Å². The third-order valence-corrected chi connectivity index (χ3v) is 4.12. The zero-order valence-electron chi connectivity index (χ0n) is 15.8. The Hall–Kier alpha value is -3.15. The first-order valence-electron chi connectivity index (χ1n) is 9.02. The molecule has 0 saturated carbocycles. The van der Waals surface area contributed by atoms with E-state index >= 15 is 0 Å². The van der Waals surface area contributed by atoms with E-state index in [0.29, 0.717) is 23.8 Å². The molecule has 0 aliphatic carbocycles.